The lowest BCUT2D eigenvalue weighted by Crippen LogP contribution is -2.25. The largest absolute Gasteiger partial charge is 0.374 e. The Hall–Kier alpha value is -1.20. The summed E-state index contributed by atoms with van der Waals surface area (Å²) in [5, 5.41) is 1.27. The third-order valence-corrected chi connectivity index (χ3v) is 6.81. The van der Waals surface area contributed by atoms with E-state index in [1.807, 2.05) is 0 Å². The number of aryl methyl sites for hydroxylation is 2. The van der Waals surface area contributed by atoms with Gasteiger partial charge in [-0.3, -0.25) is 0 Å². The average Bonchev–Trinajstić information content (AvgIpc) is 3.21. The first-order chi connectivity index (χ1) is 10.2. The predicted octanol–water partition coefficient (Wildman–Crippen LogP) is 2.92. The van der Waals surface area contributed by atoms with Gasteiger partial charge in [0, 0.05) is 29.8 Å². The molecule has 2 bridgehead atoms. The fourth-order valence-corrected chi connectivity index (χ4v) is 5.53. The summed E-state index contributed by atoms with van der Waals surface area (Å²) in [5.74, 6) is 2.58. The minimum absolute atomic E-state index is 0.507. The van der Waals surface area contributed by atoms with E-state index >= 15 is 0 Å². The summed E-state index contributed by atoms with van der Waals surface area (Å²) in [4.78, 5) is 14.1. The molecule has 5 heterocycles. The van der Waals surface area contributed by atoms with Crippen LogP contribution in [0.4, 0.5) is 5.82 Å². The van der Waals surface area contributed by atoms with Gasteiger partial charge in [0.2, 0.25) is 0 Å². The number of anilines is 1. The zero-order valence-electron chi connectivity index (χ0n) is 12.4. The molecular formula is C16H19N3OS. The molecule has 0 aromatic carbocycles. The Kier molecular flexibility index (Phi) is 2.45. The lowest BCUT2D eigenvalue weighted by molar-refractivity contribution is 0.0849. The monoisotopic (exact) mass is 301 g/mol. The van der Waals surface area contributed by atoms with Gasteiger partial charge >= 0.3 is 0 Å². The first kappa shape index (κ1) is 12.4. The lowest BCUT2D eigenvalue weighted by atomic mass is 9.82. The molecule has 110 valence electrons. The molecule has 5 heteroatoms. The van der Waals surface area contributed by atoms with Crippen LogP contribution in [0.5, 0.6) is 0 Å². The normalized spacial score (nSPS) is 34.1. The summed E-state index contributed by atoms with van der Waals surface area (Å²) in [5.41, 5.74) is 1.35. The third-order valence-electron chi connectivity index (χ3n) is 5.70. The van der Waals surface area contributed by atoms with Gasteiger partial charge in [-0.2, -0.15) is 0 Å². The van der Waals surface area contributed by atoms with Crippen molar-refractivity contribution in [1.82, 2.24) is 9.97 Å². The number of rotatable bonds is 1. The van der Waals surface area contributed by atoms with E-state index in [1.54, 1.807) is 17.7 Å². The van der Waals surface area contributed by atoms with Gasteiger partial charge in [-0.1, -0.05) is 0 Å². The van der Waals surface area contributed by atoms with Gasteiger partial charge in [-0.25, -0.2) is 9.97 Å². The smallest absolute Gasteiger partial charge is 0.141 e. The zero-order valence-corrected chi connectivity index (χ0v) is 13.2. The van der Waals surface area contributed by atoms with E-state index in [9.17, 15) is 0 Å². The highest BCUT2D eigenvalue weighted by Crippen LogP contribution is 2.48. The maximum atomic E-state index is 6.08. The zero-order chi connectivity index (χ0) is 14.1. The molecule has 0 unspecified atom stereocenters. The SMILES string of the molecule is Cc1sc2ncnc(N3C[C@@H]4[C@H](C3)[C@H]3CC[C@@H]4O3)c2c1C. The van der Waals surface area contributed by atoms with E-state index in [4.69, 9.17) is 4.74 Å². The van der Waals surface area contributed by atoms with E-state index in [2.05, 4.69) is 28.7 Å². The molecule has 3 aliphatic heterocycles. The number of nitrogens with zero attached hydrogens (tertiary/aromatic N) is 3. The highest BCUT2D eigenvalue weighted by atomic mass is 32.1. The van der Waals surface area contributed by atoms with E-state index in [0.29, 0.717) is 24.0 Å². The highest BCUT2D eigenvalue weighted by molar-refractivity contribution is 7.18. The molecule has 2 aromatic heterocycles. The van der Waals surface area contributed by atoms with Crippen LogP contribution in [0.2, 0.25) is 0 Å². The number of fused-ring (bicyclic) bond motifs is 6. The number of thiophene rings is 1. The van der Waals surface area contributed by atoms with Gasteiger partial charge < -0.3 is 9.64 Å². The molecule has 2 aromatic rings. The Morgan fingerprint density at radius 2 is 1.86 bits per heavy atom. The molecule has 0 N–H and O–H groups in total. The molecule has 0 amide bonds. The maximum Gasteiger partial charge on any atom is 0.141 e. The molecule has 3 aliphatic rings. The van der Waals surface area contributed by atoms with Gasteiger partial charge in [0.25, 0.3) is 0 Å². The van der Waals surface area contributed by atoms with Crippen molar-refractivity contribution in [3.63, 3.8) is 0 Å². The van der Waals surface area contributed by atoms with E-state index < -0.39 is 0 Å². The van der Waals surface area contributed by atoms with Gasteiger partial charge in [-0.15, -0.1) is 11.3 Å². The third kappa shape index (κ3) is 1.59. The molecule has 5 rings (SSSR count). The summed E-state index contributed by atoms with van der Waals surface area (Å²) in [6.45, 7) is 6.58. The first-order valence-corrected chi connectivity index (χ1v) is 8.65. The second kappa shape index (κ2) is 4.17. The van der Waals surface area contributed by atoms with Crippen LogP contribution >= 0.6 is 11.3 Å². The van der Waals surface area contributed by atoms with Crippen molar-refractivity contribution in [3.05, 3.63) is 16.8 Å². The van der Waals surface area contributed by atoms with E-state index in [0.717, 1.165) is 23.7 Å². The minimum Gasteiger partial charge on any atom is -0.374 e. The maximum absolute atomic E-state index is 6.08. The van der Waals surface area contributed by atoms with Crippen LogP contribution in [0, 0.1) is 25.7 Å². The van der Waals surface area contributed by atoms with Crippen LogP contribution in [-0.2, 0) is 4.74 Å². The summed E-state index contributed by atoms with van der Waals surface area (Å²) in [6.07, 6.45) is 5.26. The summed E-state index contributed by atoms with van der Waals surface area (Å²) >= 11 is 1.78. The number of aromatic nitrogens is 2. The van der Waals surface area contributed by atoms with Crippen LogP contribution in [0.25, 0.3) is 10.2 Å². The first-order valence-electron chi connectivity index (χ1n) is 7.83. The summed E-state index contributed by atoms with van der Waals surface area (Å²) < 4.78 is 6.08. The van der Waals surface area contributed by atoms with Crippen LogP contribution < -0.4 is 4.90 Å². The van der Waals surface area contributed by atoms with Gasteiger partial charge in [-0.05, 0) is 32.3 Å². The van der Waals surface area contributed by atoms with E-state index in [1.165, 1.54) is 28.7 Å². The summed E-state index contributed by atoms with van der Waals surface area (Å²) in [7, 11) is 0. The second-order valence-corrected chi connectivity index (χ2v) is 7.89. The van der Waals surface area contributed by atoms with Crippen LogP contribution in [0.15, 0.2) is 6.33 Å². The molecule has 0 saturated carbocycles. The quantitative estimate of drug-likeness (QED) is 0.812. The summed E-state index contributed by atoms with van der Waals surface area (Å²) in [6, 6.07) is 0. The van der Waals surface area contributed by atoms with Crippen molar-refractivity contribution < 1.29 is 4.74 Å². The molecule has 0 radical (unpaired) electrons. The molecule has 3 fully saturated rings. The molecular weight excluding hydrogens is 282 g/mol. The topological polar surface area (TPSA) is 38.2 Å². The van der Waals surface area contributed by atoms with Crippen molar-refractivity contribution >= 4 is 27.4 Å². The molecule has 0 aliphatic carbocycles. The Labute approximate surface area is 128 Å². The van der Waals surface area contributed by atoms with Crippen molar-refractivity contribution in [3.8, 4) is 0 Å². The fourth-order valence-electron chi connectivity index (χ4n) is 4.54. The highest BCUT2D eigenvalue weighted by Gasteiger charge is 2.53. The molecule has 21 heavy (non-hydrogen) atoms. The Morgan fingerprint density at radius 1 is 1.14 bits per heavy atom. The van der Waals surface area contributed by atoms with Gasteiger partial charge in [0.15, 0.2) is 0 Å². The number of hydrogen-bond donors (Lipinski definition) is 0. The van der Waals surface area contributed by atoms with E-state index in [-0.39, 0.29) is 0 Å². The van der Waals surface area contributed by atoms with Gasteiger partial charge in [0.1, 0.15) is 17.0 Å². The van der Waals surface area contributed by atoms with Crippen molar-refractivity contribution in [1.29, 1.82) is 0 Å². The Morgan fingerprint density at radius 3 is 2.57 bits per heavy atom. The van der Waals surface area contributed by atoms with Crippen molar-refractivity contribution in [2.24, 2.45) is 11.8 Å². The Balaban J connectivity index is 1.57. The molecule has 0 spiro atoms. The van der Waals surface area contributed by atoms with Crippen LogP contribution in [0.1, 0.15) is 23.3 Å². The fraction of sp³-hybridized carbons (Fsp3) is 0.625. The average molecular weight is 301 g/mol. The minimum atomic E-state index is 0.507. The van der Waals surface area contributed by atoms with Crippen molar-refractivity contribution in [2.75, 3.05) is 18.0 Å². The number of ether oxygens (including phenoxy) is 1. The van der Waals surface area contributed by atoms with Crippen molar-refractivity contribution in [2.45, 2.75) is 38.9 Å². The van der Waals surface area contributed by atoms with Gasteiger partial charge in [0.05, 0.1) is 17.6 Å². The molecule has 4 nitrogen and oxygen atoms in total. The molecule has 3 saturated heterocycles. The molecule has 4 atom stereocenters. The van der Waals surface area contributed by atoms with Crippen LogP contribution in [-0.4, -0.2) is 35.3 Å². The number of hydrogen-bond acceptors (Lipinski definition) is 5. The standard InChI is InChI=1S/C16H19N3OS/c1-8-9(2)21-16-14(8)15(17-7-18-16)19-5-10-11(6-19)13-4-3-12(10)20-13/h7,10-13H,3-6H2,1-2H3/t10-,11+,12+,13-. The van der Waals surface area contributed by atoms with Crippen LogP contribution in [0.3, 0.4) is 0 Å². The Bertz CT molecular complexity index is 710. The lowest BCUT2D eigenvalue weighted by Gasteiger charge is -2.20. The second-order valence-electron chi connectivity index (χ2n) is 6.68. The predicted molar refractivity (Wildman–Crippen MR) is 84.0 cm³/mol.